The number of hydrogen-bond acceptors (Lipinski definition) is 7. The lowest BCUT2D eigenvalue weighted by Crippen LogP contribution is -2.40. The van der Waals surface area contributed by atoms with Crippen molar-refractivity contribution in [2.24, 2.45) is 0 Å². The highest BCUT2D eigenvalue weighted by Gasteiger charge is 2.22. The summed E-state index contributed by atoms with van der Waals surface area (Å²) in [6.45, 7) is 0.181. The zero-order valence-electron chi connectivity index (χ0n) is 19.6. The predicted molar refractivity (Wildman–Crippen MR) is 131 cm³/mol. The number of imidazole rings is 1. The zero-order chi connectivity index (χ0) is 25.2. The van der Waals surface area contributed by atoms with Gasteiger partial charge >= 0.3 is 11.7 Å². The monoisotopic (exact) mass is 486 g/mol. The van der Waals surface area contributed by atoms with E-state index in [1.807, 2.05) is 30.3 Å². The summed E-state index contributed by atoms with van der Waals surface area (Å²) in [5.74, 6) is 0.309. The maximum Gasteiger partial charge on any atom is 0.373 e. The minimum absolute atomic E-state index is 0.0457. The molecule has 5 rings (SSSR count). The van der Waals surface area contributed by atoms with Crippen LogP contribution in [0.25, 0.3) is 16.9 Å². The molecule has 0 amide bonds. The summed E-state index contributed by atoms with van der Waals surface area (Å²) in [4.78, 5) is 43.6. The van der Waals surface area contributed by atoms with Gasteiger partial charge in [0.1, 0.15) is 11.5 Å². The fraction of sp³-hybridized carbons (Fsp3) is 0.154. The van der Waals surface area contributed by atoms with Crippen LogP contribution in [-0.4, -0.2) is 38.9 Å². The molecule has 0 atom stereocenters. The third-order valence-corrected chi connectivity index (χ3v) is 5.78. The molecule has 0 radical (unpaired) electrons. The number of rotatable bonds is 7. The third kappa shape index (κ3) is 3.98. The second-order valence-electron chi connectivity index (χ2n) is 7.97. The molecule has 10 heteroatoms. The average Bonchev–Trinajstić information content (AvgIpc) is 3.55. The van der Waals surface area contributed by atoms with Crippen LogP contribution in [0, 0.1) is 0 Å². The summed E-state index contributed by atoms with van der Waals surface area (Å²) in [6.07, 6.45) is 1.46. The Balaban J connectivity index is 1.73. The molecule has 0 fully saturated rings. The molecule has 10 nitrogen and oxygen atoms in total. The Morgan fingerprint density at radius 2 is 1.69 bits per heavy atom. The number of esters is 1. The molecule has 36 heavy (non-hydrogen) atoms. The summed E-state index contributed by atoms with van der Waals surface area (Å²) in [7, 11) is 2.77. The minimum Gasteiger partial charge on any atom is -0.495 e. The molecule has 3 aromatic heterocycles. The van der Waals surface area contributed by atoms with Crippen LogP contribution in [0.15, 0.2) is 87.1 Å². The highest BCUT2D eigenvalue weighted by Crippen LogP contribution is 2.24. The van der Waals surface area contributed by atoms with E-state index in [0.29, 0.717) is 17.2 Å². The largest absolute Gasteiger partial charge is 0.495 e. The molecule has 5 aromatic rings. The minimum atomic E-state index is -0.605. The molecule has 3 heterocycles. The van der Waals surface area contributed by atoms with Crippen LogP contribution in [0.2, 0.25) is 0 Å². The molecule has 182 valence electrons. The maximum atomic E-state index is 13.7. The van der Waals surface area contributed by atoms with Crippen molar-refractivity contribution in [1.29, 1.82) is 0 Å². The molecule has 0 aliphatic rings. The number of para-hydroxylation sites is 2. The second kappa shape index (κ2) is 9.41. The van der Waals surface area contributed by atoms with Gasteiger partial charge in [0.2, 0.25) is 5.76 Å². The number of carbonyl (C=O) groups excluding carboxylic acids is 1. The molecule has 0 N–H and O–H groups in total. The number of hydrogen-bond donors (Lipinski definition) is 0. The summed E-state index contributed by atoms with van der Waals surface area (Å²) in [5.41, 5.74) is 0.584. The molecular weight excluding hydrogens is 464 g/mol. The Kier molecular flexibility index (Phi) is 5.99. The topological polar surface area (TPSA) is 110 Å². The van der Waals surface area contributed by atoms with Gasteiger partial charge in [0.25, 0.3) is 5.56 Å². The molecule has 0 unspecified atom stereocenters. The fourth-order valence-electron chi connectivity index (χ4n) is 4.08. The molecule has 0 saturated heterocycles. The van der Waals surface area contributed by atoms with Gasteiger partial charge in [-0.05, 0) is 29.8 Å². The highest BCUT2D eigenvalue weighted by atomic mass is 16.5. The van der Waals surface area contributed by atoms with Crippen molar-refractivity contribution in [3.05, 3.63) is 111 Å². The van der Waals surface area contributed by atoms with Gasteiger partial charge < -0.3 is 18.5 Å². The van der Waals surface area contributed by atoms with Gasteiger partial charge in [-0.2, -0.15) is 0 Å². The summed E-state index contributed by atoms with van der Waals surface area (Å²) >= 11 is 0. The fourth-order valence-corrected chi connectivity index (χ4v) is 4.08. The normalized spacial score (nSPS) is 11.1. The first-order valence-corrected chi connectivity index (χ1v) is 11.1. The standard InChI is InChI=1S/C26H22N4O6/c1-34-20-11-7-6-10-19(20)30-23-22(24(31)29(26(30)33)14-17-8-4-3-5-9-17)28(16-27-23)15-18-12-13-21(36-18)25(32)35-2/h3-13,16H,14-15H2,1-2H3. The average molecular weight is 486 g/mol. The van der Waals surface area contributed by atoms with E-state index in [1.54, 1.807) is 34.9 Å². The van der Waals surface area contributed by atoms with Crippen molar-refractivity contribution < 1.29 is 18.7 Å². The number of methoxy groups -OCH3 is 2. The lowest BCUT2D eigenvalue weighted by molar-refractivity contribution is 0.0563. The quantitative estimate of drug-likeness (QED) is 0.325. The van der Waals surface area contributed by atoms with Crippen LogP contribution in [0.1, 0.15) is 21.9 Å². The first-order chi connectivity index (χ1) is 17.5. The van der Waals surface area contributed by atoms with E-state index < -0.39 is 17.2 Å². The predicted octanol–water partition coefficient (Wildman–Crippen LogP) is 2.83. The Hall–Kier alpha value is -4.86. The van der Waals surface area contributed by atoms with Crippen molar-refractivity contribution in [3.63, 3.8) is 0 Å². The van der Waals surface area contributed by atoms with Crippen molar-refractivity contribution >= 4 is 17.1 Å². The lowest BCUT2D eigenvalue weighted by atomic mass is 10.2. The maximum absolute atomic E-state index is 13.7. The molecular formula is C26H22N4O6. The third-order valence-electron chi connectivity index (χ3n) is 5.78. The van der Waals surface area contributed by atoms with Crippen LogP contribution in [0.3, 0.4) is 0 Å². The molecule has 0 aliphatic heterocycles. The van der Waals surface area contributed by atoms with E-state index in [9.17, 15) is 14.4 Å². The van der Waals surface area contributed by atoms with Crippen LogP contribution in [0.4, 0.5) is 0 Å². The second-order valence-corrected chi connectivity index (χ2v) is 7.97. The van der Waals surface area contributed by atoms with E-state index >= 15 is 0 Å². The van der Waals surface area contributed by atoms with Crippen molar-refractivity contribution in [1.82, 2.24) is 18.7 Å². The number of fused-ring (bicyclic) bond motifs is 1. The first kappa shape index (κ1) is 22.9. The van der Waals surface area contributed by atoms with Gasteiger partial charge in [0.05, 0.1) is 39.3 Å². The van der Waals surface area contributed by atoms with Gasteiger partial charge in [-0.1, -0.05) is 42.5 Å². The van der Waals surface area contributed by atoms with Crippen molar-refractivity contribution in [2.45, 2.75) is 13.1 Å². The number of furan rings is 1. The van der Waals surface area contributed by atoms with Crippen LogP contribution < -0.4 is 16.0 Å². The smallest absolute Gasteiger partial charge is 0.373 e. The first-order valence-electron chi connectivity index (χ1n) is 11.1. The molecule has 0 spiro atoms. The summed E-state index contributed by atoms with van der Waals surface area (Å²) in [6, 6.07) is 19.4. The Bertz CT molecular complexity index is 1680. The highest BCUT2D eigenvalue weighted by molar-refractivity contribution is 5.86. The van der Waals surface area contributed by atoms with Crippen LogP contribution in [-0.2, 0) is 17.8 Å². The number of ether oxygens (including phenoxy) is 2. The molecule has 0 saturated carbocycles. The van der Waals surface area contributed by atoms with Crippen LogP contribution >= 0.6 is 0 Å². The number of carbonyl (C=O) groups is 1. The van der Waals surface area contributed by atoms with E-state index in [-0.39, 0.29) is 30.0 Å². The number of aromatic nitrogens is 4. The van der Waals surface area contributed by atoms with E-state index in [4.69, 9.17) is 13.9 Å². The van der Waals surface area contributed by atoms with Gasteiger partial charge in [-0.3, -0.25) is 9.36 Å². The van der Waals surface area contributed by atoms with Gasteiger partial charge in [0.15, 0.2) is 11.2 Å². The zero-order valence-corrected chi connectivity index (χ0v) is 19.6. The Morgan fingerprint density at radius 1 is 0.944 bits per heavy atom. The molecule has 0 bridgehead atoms. The van der Waals surface area contributed by atoms with Gasteiger partial charge in [0, 0.05) is 0 Å². The van der Waals surface area contributed by atoms with E-state index in [0.717, 1.165) is 5.56 Å². The van der Waals surface area contributed by atoms with Gasteiger partial charge in [-0.15, -0.1) is 0 Å². The molecule has 2 aromatic carbocycles. The lowest BCUT2D eigenvalue weighted by Gasteiger charge is -2.15. The SMILES string of the molecule is COC(=O)c1ccc(Cn2cnc3c2c(=O)n(Cc2ccccc2)c(=O)n3-c2ccccc2OC)o1. The number of nitrogens with zero attached hydrogens (tertiary/aromatic N) is 4. The van der Waals surface area contributed by atoms with Crippen molar-refractivity contribution in [3.8, 4) is 11.4 Å². The van der Waals surface area contributed by atoms with Crippen molar-refractivity contribution in [2.75, 3.05) is 14.2 Å². The van der Waals surface area contributed by atoms with Gasteiger partial charge in [-0.25, -0.2) is 19.1 Å². The van der Waals surface area contributed by atoms with E-state index in [1.165, 1.54) is 35.7 Å². The molecule has 0 aliphatic carbocycles. The van der Waals surface area contributed by atoms with Crippen LogP contribution in [0.5, 0.6) is 5.75 Å². The Morgan fingerprint density at radius 3 is 2.44 bits per heavy atom. The summed E-state index contributed by atoms with van der Waals surface area (Å²) < 4.78 is 19.9. The summed E-state index contributed by atoms with van der Waals surface area (Å²) in [5, 5.41) is 0. The Labute approximate surface area is 204 Å². The van der Waals surface area contributed by atoms with E-state index in [2.05, 4.69) is 4.98 Å². The number of benzene rings is 2.